The molecule has 0 saturated carbocycles. The third-order valence-electron chi connectivity index (χ3n) is 3.63. The molecule has 0 saturated heterocycles. The zero-order valence-corrected chi connectivity index (χ0v) is 13.1. The van der Waals surface area contributed by atoms with E-state index in [1.807, 2.05) is 41.5 Å². The fraction of sp³-hybridized carbons (Fsp3) is 0.846. The fourth-order valence-electron chi connectivity index (χ4n) is 2.65. The standard InChI is InChI=1S/C13H27N3O4/c1-11(2,3)13(16,12(4,5)6)8(20-10(15)18)7-19-9(14)17/h8H,7,16H2,1-6H3,(H2,14,17)(H2,15,18). The Kier molecular flexibility index (Phi) is 5.43. The summed E-state index contributed by atoms with van der Waals surface area (Å²) in [4.78, 5) is 21.9. The quantitative estimate of drug-likeness (QED) is 0.718. The molecule has 0 spiro atoms. The van der Waals surface area contributed by atoms with Gasteiger partial charge in [-0.2, -0.15) is 0 Å². The van der Waals surface area contributed by atoms with E-state index in [9.17, 15) is 9.59 Å². The van der Waals surface area contributed by atoms with Gasteiger partial charge in [0.05, 0.1) is 5.54 Å². The summed E-state index contributed by atoms with van der Waals surface area (Å²) in [7, 11) is 0. The third-order valence-corrected chi connectivity index (χ3v) is 3.63. The van der Waals surface area contributed by atoms with E-state index in [4.69, 9.17) is 26.7 Å². The summed E-state index contributed by atoms with van der Waals surface area (Å²) in [5, 5.41) is 0. The van der Waals surface area contributed by atoms with E-state index in [0.717, 1.165) is 0 Å². The summed E-state index contributed by atoms with van der Waals surface area (Å²) in [6.45, 7) is 11.3. The number of primary amides is 2. The van der Waals surface area contributed by atoms with Crippen LogP contribution in [0.5, 0.6) is 0 Å². The molecule has 0 aromatic heterocycles. The van der Waals surface area contributed by atoms with Crippen LogP contribution in [-0.2, 0) is 9.47 Å². The maximum Gasteiger partial charge on any atom is 0.404 e. The average Bonchev–Trinajstić information content (AvgIpc) is 2.18. The van der Waals surface area contributed by atoms with Gasteiger partial charge in [0.25, 0.3) is 0 Å². The minimum absolute atomic E-state index is 0.247. The van der Waals surface area contributed by atoms with E-state index < -0.39 is 34.7 Å². The van der Waals surface area contributed by atoms with Crippen LogP contribution in [0.25, 0.3) is 0 Å². The van der Waals surface area contributed by atoms with Crippen molar-refractivity contribution in [3.8, 4) is 0 Å². The number of rotatable bonds is 4. The monoisotopic (exact) mass is 289 g/mol. The van der Waals surface area contributed by atoms with Crippen LogP contribution in [0.15, 0.2) is 0 Å². The van der Waals surface area contributed by atoms with Gasteiger partial charge in [-0.1, -0.05) is 41.5 Å². The van der Waals surface area contributed by atoms with Gasteiger partial charge in [-0.3, -0.25) is 0 Å². The molecule has 0 aliphatic heterocycles. The van der Waals surface area contributed by atoms with Crippen molar-refractivity contribution in [3.63, 3.8) is 0 Å². The molecule has 0 bridgehead atoms. The predicted octanol–water partition coefficient (Wildman–Crippen LogP) is 1.34. The molecule has 118 valence electrons. The van der Waals surface area contributed by atoms with Gasteiger partial charge in [-0.15, -0.1) is 0 Å². The second kappa shape index (κ2) is 5.87. The van der Waals surface area contributed by atoms with Crippen molar-refractivity contribution in [3.05, 3.63) is 0 Å². The number of amides is 2. The minimum atomic E-state index is -0.996. The lowest BCUT2D eigenvalue weighted by atomic mass is 9.58. The Labute approximate surface area is 120 Å². The molecule has 0 fully saturated rings. The lowest BCUT2D eigenvalue weighted by Gasteiger charge is -2.53. The Morgan fingerprint density at radius 2 is 1.35 bits per heavy atom. The first-order valence-electron chi connectivity index (χ1n) is 6.40. The summed E-state index contributed by atoms with van der Waals surface area (Å²) in [5.74, 6) is 0. The van der Waals surface area contributed by atoms with Gasteiger partial charge in [-0.05, 0) is 10.8 Å². The minimum Gasteiger partial charge on any atom is -0.446 e. The molecule has 0 aliphatic carbocycles. The van der Waals surface area contributed by atoms with Crippen molar-refractivity contribution in [2.24, 2.45) is 28.0 Å². The van der Waals surface area contributed by atoms with E-state index in [1.165, 1.54) is 0 Å². The second-order valence-electron chi connectivity index (χ2n) is 6.92. The molecule has 7 nitrogen and oxygen atoms in total. The Bertz CT molecular complexity index is 355. The van der Waals surface area contributed by atoms with E-state index in [-0.39, 0.29) is 6.61 Å². The molecular weight excluding hydrogens is 262 g/mol. The van der Waals surface area contributed by atoms with Gasteiger partial charge in [-0.25, -0.2) is 9.59 Å². The van der Waals surface area contributed by atoms with E-state index in [1.54, 1.807) is 0 Å². The normalized spacial score (nSPS) is 14.6. The highest BCUT2D eigenvalue weighted by atomic mass is 16.6. The molecule has 0 aromatic rings. The van der Waals surface area contributed by atoms with Gasteiger partial charge in [0.1, 0.15) is 6.61 Å². The largest absolute Gasteiger partial charge is 0.446 e. The van der Waals surface area contributed by atoms with E-state index in [2.05, 4.69) is 0 Å². The molecule has 0 heterocycles. The van der Waals surface area contributed by atoms with Gasteiger partial charge in [0.2, 0.25) is 0 Å². The maximum absolute atomic E-state index is 11.1. The smallest absolute Gasteiger partial charge is 0.404 e. The van der Waals surface area contributed by atoms with Crippen LogP contribution in [0.1, 0.15) is 41.5 Å². The predicted molar refractivity (Wildman–Crippen MR) is 75.8 cm³/mol. The first-order chi connectivity index (χ1) is 8.73. The van der Waals surface area contributed by atoms with Crippen LogP contribution in [0.2, 0.25) is 0 Å². The van der Waals surface area contributed by atoms with Gasteiger partial charge in [0.15, 0.2) is 6.10 Å². The van der Waals surface area contributed by atoms with Crippen molar-refractivity contribution in [2.75, 3.05) is 6.61 Å². The van der Waals surface area contributed by atoms with Gasteiger partial charge < -0.3 is 26.7 Å². The maximum atomic E-state index is 11.1. The number of nitrogens with two attached hydrogens (primary N) is 3. The second-order valence-corrected chi connectivity index (χ2v) is 6.92. The highest BCUT2D eigenvalue weighted by Gasteiger charge is 2.55. The van der Waals surface area contributed by atoms with Gasteiger partial charge >= 0.3 is 12.2 Å². The average molecular weight is 289 g/mol. The number of carbonyl (C=O) groups excluding carboxylic acids is 2. The summed E-state index contributed by atoms with van der Waals surface area (Å²) in [5.41, 5.74) is 14.7. The summed E-state index contributed by atoms with van der Waals surface area (Å²) in [6.07, 6.45) is -2.85. The van der Waals surface area contributed by atoms with Crippen molar-refractivity contribution in [2.45, 2.75) is 53.2 Å². The fourth-order valence-corrected chi connectivity index (χ4v) is 2.65. The molecule has 0 aromatic carbocycles. The zero-order chi connectivity index (χ0) is 16.4. The first kappa shape index (κ1) is 18.5. The Balaban J connectivity index is 5.64. The summed E-state index contributed by atoms with van der Waals surface area (Å²) in [6, 6.07) is 0. The summed E-state index contributed by atoms with van der Waals surface area (Å²) < 4.78 is 9.87. The zero-order valence-electron chi connectivity index (χ0n) is 13.1. The Morgan fingerprint density at radius 1 is 0.950 bits per heavy atom. The SMILES string of the molecule is CC(C)(C)C(N)(C(COC(N)=O)OC(N)=O)C(C)(C)C. The lowest BCUT2D eigenvalue weighted by Crippen LogP contribution is -2.69. The molecule has 2 amide bonds. The lowest BCUT2D eigenvalue weighted by molar-refractivity contribution is -0.0799. The van der Waals surface area contributed by atoms with Crippen LogP contribution in [0.4, 0.5) is 9.59 Å². The molecular formula is C13H27N3O4. The van der Waals surface area contributed by atoms with Crippen molar-refractivity contribution < 1.29 is 19.1 Å². The van der Waals surface area contributed by atoms with Crippen LogP contribution < -0.4 is 17.2 Å². The highest BCUT2D eigenvalue weighted by molar-refractivity contribution is 5.66. The van der Waals surface area contributed by atoms with Crippen LogP contribution >= 0.6 is 0 Å². The molecule has 0 aliphatic rings. The van der Waals surface area contributed by atoms with Crippen LogP contribution in [0, 0.1) is 10.8 Å². The molecule has 20 heavy (non-hydrogen) atoms. The molecule has 7 heteroatoms. The first-order valence-corrected chi connectivity index (χ1v) is 6.40. The Morgan fingerprint density at radius 3 is 1.60 bits per heavy atom. The number of ether oxygens (including phenoxy) is 2. The summed E-state index contributed by atoms with van der Waals surface area (Å²) >= 11 is 0. The van der Waals surface area contributed by atoms with E-state index in [0.29, 0.717) is 0 Å². The van der Waals surface area contributed by atoms with Gasteiger partial charge in [0, 0.05) is 0 Å². The molecule has 0 radical (unpaired) electrons. The molecule has 1 unspecified atom stereocenters. The van der Waals surface area contributed by atoms with Crippen molar-refractivity contribution in [1.82, 2.24) is 0 Å². The molecule has 1 atom stereocenters. The van der Waals surface area contributed by atoms with Crippen LogP contribution in [0.3, 0.4) is 0 Å². The van der Waals surface area contributed by atoms with Crippen LogP contribution in [-0.4, -0.2) is 30.4 Å². The van der Waals surface area contributed by atoms with Crippen molar-refractivity contribution >= 4 is 12.2 Å². The number of carbonyl (C=O) groups is 2. The third kappa shape index (κ3) is 4.00. The highest BCUT2D eigenvalue weighted by Crippen LogP contribution is 2.45. The topological polar surface area (TPSA) is 131 Å². The molecule has 0 rings (SSSR count). The number of hydrogen-bond acceptors (Lipinski definition) is 5. The van der Waals surface area contributed by atoms with E-state index >= 15 is 0 Å². The Hall–Kier alpha value is -1.50. The molecule has 6 N–H and O–H groups in total. The van der Waals surface area contributed by atoms with Crippen molar-refractivity contribution in [1.29, 1.82) is 0 Å². The number of hydrogen-bond donors (Lipinski definition) is 3.